The third-order valence-electron chi connectivity index (χ3n) is 2.73. The van der Waals surface area contributed by atoms with Gasteiger partial charge in [-0.1, -0.05) is 34.1 Å². The Labute approximate surface area is 124 Å². The molecule has 0 spiro atoms. The lowest BCUT2D eigenvalue weighted by Gasteiger charge is -2.14. The zero-order chi connectivity index (χ0) is 13.0. The Hall–Kier alpha value is -0.710. The van der Waals surface area contributed by atoms with Gasteiger partial charge < -0.3 is 5.32 Å². The number of pyridine rings is 1. The largest absolute Gasteiger partial charge is 0.305 e. The molecule has 2 rings (SSSR count). The first-order chi connectivity index (χ1) is 8.65. The molecule has 0 fully saturated rings. The van der Waals surface area contributed by atoms with Crippen molar-refractivity contribution in [1.29, 1.82) is 0 Å². The fourth-order valence-corrected chi connectivity index (χ4v) is 2.32. The summed E-state index contributed by atoms with van der Waals surface area (Å²) in [6, 6.07) is 14.6. The van der Waals surface area contributed by atoms with Crippen LogP contribution < -0.4 is 5.32 Å². The van der Waals surface area contributed by atoms with E-state index in [2.05, 4.69) is 73.3 Å². The Kier molecular flexibility index (Phi) is 4.92. The number of nitrogens with zero attached hydrogens (tertiary/aromatic N) is 1. The molecule has 0 aliphatic carbocycles. The molecule has 0 saturated carbocycles. The van der Waals surface area contributed by atoms with E-state index in [1.165, 1.54) is 5.56 Å². The van der Waals surface area contributed by atoms with E-state index in [9.17, 15) is 0 Å². The Morgan fingerprint density at radius 3 is 2.50 bits per heavy atom. The van der Waals surface area contributed by atoms with Crippen molar-refractivity contribution in [3.05, 3.63) is 62.8 Å². The van der Waals surface area contributed by atoms with Crippen molar-refractivity contribution in [2.75, 3.05) is 0 Å². The van der Waals surface area contributed by atoms with Gasteiger partial charge in [0.1, 0.15) is 4.60 Å². The van der Waals surface area contributed by atoms with Crippen LogP contribution in [-0.2, 0) is 6.54 Å². The average Bonchev–Trinajstić information content (AvgIpc) is 2.37. The molecule has 0 aliphatic heterocycles. The van der Waals surface area contributed by atoms with E-state index < -0.39 is 0 Å². The van der Waals surface area contributed by atoms with Gasteiger partial charge in [0.15, 0.2) is 0 Å². The standard InChI is InChI=1S/C14H14Br2N2/c1-10(11-5-7-12(15)8-6-11)17-9-13-3-2-4-14(16)18-13/h2-8,10,17H,9H2,1H3/t10-/m1/s1. The van der Waals surface area contributed by atoms with E-state index >= 15 is 0 Å². The van der Waals surface area contributed by atoms with Crippen molar-refractivity contribution < 1.29 is 0 Å². The van der Waals surface area contributed by atoms with Gasteiger partial charge in [0.05, 0.1) is 5.69 Å². The average molecular weight is 370 g/mol. The number of aromatic nitrogens is 1. The predicted molar refractivity (Wildman–Crippen MR) is 81.3 cm³/mol. The lowest BCUT2D eigenvalue weighted by Crippen LogP contribution is -2.18. The van der Waals surface area contributed by atoms with Crippen molar-refractivity contribution in [2.24, 2.45) is 0 Å². The number of halogens is 2. The van der Waals surface area contributed by atoms with E-state index in [4.69, 9.17) is 0 Å². The molecular weight excluding hydrogens is 356 g/mol. The zero-order valence-corrected chi connectivity index (χ0v) is 13.2. The lowest BCUT2D eigenvalue weighted by atomic mass is 10.1. The van der Waals surface area contributed by atoms with Crippen LogP contribution >= 0.6 is 31.9 Å². The number of benzene rings is 1. The van der Waals surface area contributed by atoms with Gasteiger partial charge in [-0.15, -0.1) is 0 Å². The molecule has 1 aromatic carbocycles. The Morgan fingerprint density at radius 2 is 1.83 bits per heavy atom. The van der Waals surface area contributed by atoms with Gasteiger partial charge in [-0.3, -0.25) is 0 Å². The molecule has 1 heterocycles. The maximum atomic E-state index is 4.40. The van der Waals surface area contributed by atoms with Crippen LogP contribution in [0.15, 0.2) is 51.5 Å². The third-order valence-corrected chi connectivity index (χ3v) is 3.70. The molecule has 4 heteroatoms. The van der Waals surface area contributed by atoms with E-state index in [1.807, 2.05) is 18.2 Å². The molecule has 18 heavy (non-hydrogen) atoms. The molecule has 1 aromatic heterocycles. The minimum atomic E-state index is 0.305. The highest BCUT2D eigenvalue weighted by molar-refractivity contribution is 9.10. The van der Waals surface area contributed by atoms with E-state index in [-0.39, 0.29) is 0 Å². The summed E-state index contributed by atoms with van der Waals surface area (Å²) < 4.78 is 1.98. The van der Waals surface area contributed by atoms with E-state index in [1.54, 1.807) is 0 Å². The van der Waals surface area contributed by atoms with Crippen LogP contribution in [0, 0.1) is 0 Å². The highest BCUT2D eigenvalue weighted by atomic mass is 79.9. The number of hydrogen-bond acceptors (Lipinski definition) is 2. The monoisotopic (exact) mass is 368 g/mol. The van der Waals surface area contributed by atoms with Crippen molar-refractivity contribution in [1.82, 2.24) is 10.3 Å². The number of nitrogens with one attached hydrogen (secondary N) is 1. The Bertz CT molecular complexity index is 511. The first kappa shape index (κ1) is 13.7. The van der Waals surface area contributed by atoms with E-state index in [0.717, 1.165) is 21.3 Å². The maximum absolute atomic E-state index is 4.40. The summed E-state index contributed by atoms with van der Waals surface area (Å²) in [5.41, 5.74) is 2.31. The normalized spacial score (nSPS) is 12.4. The SMILES string of the molecule is C[C@@H](NCc1cccc(Br)n1)c1ccc(Br)cc1. The summed E-state index contributed by atoms with van der Waals surface area (Å²) in [6.45, 7) is 2.91. The minimum Gasteiger partial charge on any atom is -0.305 e. The van der Waals surface area contributed by atoms with Crippen molar-refractivity contribution in [3.63, 3.8) is 0 Å². The lowest BCUT2D eigenvalue weighted by molar-refractivity contribution is 0.567. The molecule has 1 N–H and O–H groups in total. The molecule has 2 nitrogen and oxygen atoms in total. The topological polar surface area (TPSA) is 24.9 Å². The molecule has 0 amide bonds. The molecule has 94 valence electrons. The third kappa shape index (κ3) is 3.90. The van der Waals surface area contributed by atoms with Crippen LogP contribution in [0.2, 0.25) is 0 Å². The minimum absolute atomic E-state index is 0.305. The Morgan fingerprint density at radius 1 is 1.11 bits per heavy atom. The number of rotatable bonds is 4. The summed E-state index contributed by atoms with van der Waals surface area (Å²) in [4.78, 5) is 4.40. The second kappa shape index (κ2) is 6.45. The highest BCUT2D eigenvalue weighted by Crippen LogP contribution is 2.17. The fraction of sp³-hybridized carbons (Fsp3) is 0.214. The van der Waals surface area contributed by atoms with Crippen molar-refractivity contribution in [3.8, 4) is 0 Å². The predicted octanol–water partition coefficient (Wildman–Crippen LogP) is 4.46. The van der Waals surface area contributed by atoms with Gasteiger partial charge in [0.2, 0.25) is 0 Å². The molecule has 0 saturated heterocycles. The number of hydrogen-bond donors (Lipinski definition) is 1. The van der Waals surface area contributed by atoms with Crippen LogP contribution in [0.25, 0.3) is 0 Å². The maximum Gasteiger partial charge on any atom is 0.106 e. The van der Waals surface area contributed by atoms with Gasteiger partial charge in [-0.25, -0.2) is 4.98 Å². The second-order valence-electron chi connectivity index (χ2n) is 4.11. The molecule has 1 atom stereocenters. The first-order valence-corrected chi connectivity index (χ1v) is 7.34. The van der Waals surface area contributed by atoms with Crippen molar-refractivity contribution in [2.45, 2.75) is 19.5 Å². The highest BCUT2D eigenvalue weighted by Gasteiger charge is 2.05. The summed E-state index contributed by atoms with van der Waals surface area (Å²) in [5.74, 6) is 0. The molecule has 0 unspecified atom stereocenters. The van der Waals surface area contributed by atoms with Gasteiger partial charge in [-0.2, -0.15) is 0 Å². The molecule has 2 aromatic rings. The Balaban J connectivity index is 1.96. The molecule has 0 aliphatic rings. The van der Waals surface area contributed by atoms with Crippen LogP contribution in [0.3, 0.4) is 0 Å². The van der Waals surface area contributed by atoms with Crippen LogP contribution in [-0.4, -0.2) is 4.98 Å². The summed E-state index contributed by atoms with van der Waals surface area (Å²) in [7, 11) is 0. The van der Waals surface area contributed by atoms with Gasteiger partial charge in [0, 0.05) is 17.1 Å². The van der Waals surface area contributed by atoms with Crippen LogP contribution in [0.1, 0.15) is 24.2 Å². The van der Waals surface area contributed by atoms with Crippen molar-refractivity contribution >= 4 is 31.9 Å². The second-order valence-corrected chi connectivity index (χ2v) is 5.83. The summed E-state index contributed by atoms with van der Waals surface area (Å²) >= 11 is 6.82. The van der Waals surface area contributed by atoms with Gasteiger partial charge in [0.25, 0.3) is 0 Å². The smallest absolute Gasteiger partial charge is 0.106 e. The summed E-state index contributed by atoms with van der Waals surface area (Å²) in [5, 5.41) is 3.46. The quantitative estimate of drug-likeness (QED) is 0.805. The van der Waals surface area contributed by atoms with Crippen LogP contribution in [0.5, 0.6) is 0 Å². The molecule has 0 radical (unpaired) electrons. The first-order valence-electron chi connectivity index (χ1n) is 5.75. The molecular formula is C14H14Br2N2. The van der Waals surface area contributed by atoms with Gasteiger partial charge >= 0.3 is 0 Å². The molecule has 0 bridgehead atoms. The van der Waals surface area contributed by atoms with Crippen LogP contribution in [0.4, 0.5) is 0 Å². The van der Waals surface area contributed by atoms with Gasteiger partial charge in [-0.05, 0) is 52.7 Å². The van der Waals surface area contributed by atoms with E-state index in [0.29, 0.717) is 6.04 Å². The fourth-order valence-electron chi connectivity index (χ4n) is 1.68. The summed E-state index contributed by atoms with van der Waals surface area (Å²) in [6.07, 6.45) is 0. The zero-order valence-electron chi connectivity index (χ0n) is 10.0.